The molecule has 1 fully saturated rings. The van der Waals surface area contributed by atoms with Gasteiger partial charge in [-0.05, 0) is 18.4 Å². The van der Waals surface area contributed by atoms with E-state index in [1.165, 1.54) is 17.4 Å². The van der Waals surface area contributed by atoms with E-state index < -0.39 is 12.2 Å². The predicted molar refractivity (Wildman–Crippen MR) is 68.9 cm³/mol. The molecule has 0 radical (unpaired) electrons. The highest BCUT2D eigenvalue weighted by molar-refractivity contribution is 5.71. The Balaban J connectivity index is 1.71. The minimum Gasteiger partial charge on any atom is -0.463 e. The molecule has 3 rings (SSSR count). The van der Waals surface area contributed by atoms with Gasteiger partial charge in [-0.25, -0.2) is 9.69 Å². The summed E-state index contributed by atoms with van der Waals surface area (Å²) < 4.78 is 15.9. The van der Waals surface area contributed by atoms with Crippen molar-refractivity contribution < 1.29 is 24.1 Å². The van der Waals surface area contributed by atoms with Gasteiger partial charge in [0.1, 0.15) is 12.4 Å². The number of amides is 1. The van der Waals surface area contributed by atoms with Gasteiger partial charge >= 0.3 is 6.09 Å². The van der Waals surface area contributed by atoms with E-state index in [9.17, 15) is 4.79 Å². The molecule has 0 aromatic heterocycles. The van der Waals surface area contributed by atoms with Crippen LogP contribution in [0.3, 0.4) is 0 Å². The van der Waals surface area contributed by atoms with Crippen molar-refractivity contribution in [1.82, 2.24) is 4.90 Å². The Labute approximate surface area is 116 Å². The van der Waals surface area contributed by atoms with Crippen LogP contribution in [-0.4, -0.2) is 35.4 Å². The summed E-state index contributed by atoms with van der Waals surface area (Å²) in [5, 5.41) is 9.03. The quantitative estimate of drug-likeness (QED) is 0.851. The second-order valence-electron chi connectivity index (χ2n) is 4.63. The Morgan fingerprint density at radius 2 is 2.30 bits per heavy atom. The fourth-order valence-electron chi connectivity index (χ4n) is 2.18. The van der Waals surface area contributed by atoms with Crippen molar-refractivity contribution in [1.29, 1.82) is 0 Å². The van der Waals surface area contributed by atoms with E-state index in [1.54, 1.807) is 0 Å². The fourth-order valence-corrected chi connectivity index (χ4v) is 2.18. The van der Waals surface area contributed by atoms with Gasteiger partial charge in [-0.3, -0.25) is 0 Å². The molecule has 1 saturated heterocycles. The summed E-state index contributed by atoms with van der Waals surface area (Å²) in [5.74, 6) is 0.867. The molecule has 20 heavy (non-hydrogen) atoms. The minimum atomic E-state index is -0.544. The molecule has 1 amide bonds. The molecule has 6 heteroatoms. The van der Waals surface area contributed by atoms with Crippen LogP contribution in [0.4, 0.5) is 4.79 Å². The van der Waals surface area contributed by atoms with Crippen LogP contribution in [0.5, 0.6) is 0 Å². The highest BCUT2D eigenvalue weighted by Crippen LogP contribution is 2.29. The van der Waals surface area contributed by atoms with Crippen LogP contribution >= 0.6 is 0 Å². The van der Waals surface area contributed by atoms with Crippen LogP contribution in [0.25, 0.3) is 0 Å². The van der Waals surface area contributed by atoms with Gasteiger partial charge in [0.2, 0.25) is 5.88 Å². The summed E-state index contributed by atoms with van der Waals surface area (Å²) in [6, 6.07) is 0. The lowest BCUT2D eigenvalue weighted by molar-refractivity contribution is 0.0932. The number of hydrogen-bond acceptors (Lipinski definition) is 5. The maximum Gasteiger partial charge on any atom is 0.417 e. The average Bonchev–Trinajstić information content (AvgIpc) is 2.89. The van der Waals surface area contributed by atoms with Crippen LogP contribution in [0.15, 0.2) is 48.0 Å². The molecule has 0 aromatic carbocycles. The summed E-state index contributed by atoms with van der Waals surface area (Å²) in [6.45, 7) is 0.0335. The Morgan fingerprint density at radius 1 is 1.40 bits per heavy atom. The average molecular weight is 277 g/mol. The van der Waals surface area contributed by atoms with Gasteiger partial charge in [0.05, 0.1) is 13.2 Å². The lowest BCUT2D eigenvalue weighted by Gasteiger charge is -2.23. The van der Waals surface area contributed by atoms with Gasteiger partial charge in [0, 0.05) is 0 Å². The first-order valence-corrected chi connectivity index (χ1v) is 6.46. The number of carbonyl (C=O) groups excluding carboxylic acids is 1. The zero-order valence-corrected chi connectivity index (χ0v) is 10.8. The minimum absolute atomic E-state index is 0.213. The second-order valence-corrected chi connectivity index (χ2v) is 4.63. The normalized spacial score (nSPS) is 25.2. The van der Waals surface area contributed by atoms with Crippen molar-refractivity contribution in [3.8, 4) is 0 Å². The molecule has 1 atom stereocenters. The smallest absolute Gasteiger partial charge is 0.417 e. The number of aliphatic hydroxyl groups excluding tert-OH is 1. The van der Waals surface area contributed by atoms with E-state index in [2.05, 4.69) is 6.08 Å². The van der Waals surface area contributed by atoms with Crippen molar-refractivity contribution in [3.05, 3.63) is 48.0 Å². The van der Waals surface area contributed by atoms with Crippen molar-refractivity contribution in [2.75, 3.05) is 13.2 Å². The van der Waals surface area contributed by atoms with Crippen LogP contribution in [0.1, 0.15) is 12.8 Å². The van der Waals surface area contributed by atoms with Gasteiger partial charge in [-0.15, -0.1) is 0 Å². The van der Waals surface area contributed by atoms with Gasteiger partial charge < -0.3 is 19.3 Å². The Hall–Kier alpha value is -2.21. The molecule has 1 aliphatic carbocycles. The summed E-state index contributed by atoms with van der Waals surface area (Å²) in [5.41, 5.74) is 1.02. The van der Waals surface area contributed by atoms with Crippen LogP contribution in [0, 0.1) is 0 Å². The third-order valence-corrected chi connectivity index (χ3v) is 3.23. The second kappa shape index (κ2) is 5.42. The first kappa shape index (κ1) is 12.8. The number of cyclic esters (lactones) is 1. The largest absolute Gasteiger partial charge is 0.463 e. The Bertz CT molecular complexity index is 532. The lowest BCUT2D eigenvalue weighted by Crippen LogP contribution is -2.28. The van der Waals surface area contributed by atoms with E-state index >= 15 is 0 Å². The first-order valence-electron chi connectivity index (χ1n) is 6.46. The van der Waals surface area contributed by atoms with Crippen molar-refractivity contribution in [2.24, 2.45) is 0 Å². The van der Waals surface area contributed by atoms with E-state index in [-0.39, 0.29) is 19.0 Å². The zero-order chi connectivity index (χ0) is 13.9. The van der Waals surface area contributed by atoms with Crippen LogP contribution in [-0.2, 0) is 14.2 Å². The maximum absolute atomic E-state index is 11.7. The highest BCUT2D eigenvalue weighted by atomic mass is 16.6. The van der Waals surface area contributed by atoms with Crippen molar-refractivity contribution in [2.45, 2.75) is 18.9 Å². The summed E-state index contributed by atoms with van der Waals surface area (Å²) in [4.78, 5) is 13.0. The summed E-state index contributed by atoms with van der Waals surface area (Å²) in [7, 11) is 0. The van der Waals surface area contributed by atoms with Gasteiger partial charge in [-0.1, -0.05) is 18.2 Å². The lowest BCUT2D eigenvalue weighted by atomic mass is 10.0. The van der Waals surface area contributed by atoms with Gasteiger partial charge in [-0.2, -0.15) is 0 Å². The van der Waals surface area contributed by atoms with Crippen molar-refractivity contribution in [3.63, 3.8) is 0 Å². The van der Waals surface area contributed by atoms with E-state index in [0.29, 0.717) is 5.76 Å². The first-order chi connectivity index (χ1) is 9.78. The van der Waals surface area contributed by atoms with E-state index in [1.807, 2.05) is 12.2 Å². The molecule has 0 aromatic rings. The number of carbonyl (C=O) groups is 1. The number of aliphatic hydroxyl groups is 1. The molecule has 1 N–H and O–H groups in total. The summed E-state index contributed by atoms with van der Waals surface area (Å²) in [6.07, 6.45) is 9.60. The molecule has 2 heterocycles. The molecule has 6 nitrogen and oxygen atoms in total. The molecular weight excluding hydrogens is 262 g/mol. The molecule has 0 saturated carbocycles. The Morgan fingerprint density at radius 3 is 3.00 bits per heavy atom. The monoisotopic (exact) mass is 277 g/mol. The molecule has 3 aliphatic rings. The SMILES string of the molecule is O=C1OC(CO)CN1C1=COC=C(C2=CC=CCC2)O1. The third-order valence-electron chi connectivity index (χ3n) is 3.23. The van der Waals surface area contributed by atoms with E-state index in [4.69, 9.17) is 19.3 Å². The summed E-state index contributed by atoms with van der Waals surface area (Å²) >= 11 is 0. The Kier molecular flexibility index (Phi) is 3.47. The van der Waals surface area contributed by atoms with Gasteiger partial charge in [0.15, 0.2) is 12.0 Å². The van der Waals surface area contributed by atoms with Crippen molar-refractivity contribution >= 4 is 6.09 Å². The molecule has 1 unspecified atom stereocenters. The van der Waals surface area contributed by atoms with Gasteiger partial charge in [0.25, 0.3) is 0 Å². The fraction of sp³-hybridized carbons (Fsp3) is 0.357. The molecule has 0 bridgehead atoms. The standard InChI is InChI=1S/C14H15NO5/c16-7-11-6-15(14(17)19-11)13-9-18-8-12(20-13)10-4-2-1-3-5-10/h1-2,4,8-9,11,16H,3,5-7H2. The third kappa shape index (κ3) is 2.42. The number of ether oxygens (including phenoxy) is 3. The van der Waals surface area contributed by atoms with E-state index in [0.717, 1.165) is 18.4 Å². The van der Waals surface area contributed by atoms with Crippen LogP contribution in [0.2, 0.25) is 0 Å². The number of allylic oxidation sites excluding steroid dienone is 4. The molecule has 2 aliphatic heterocycles. The topological polar surface area (TPSA) is 68.2 Å². The molecule has 0 spiro atoms. The highest BCUT2D eigenvalue weighted by Gasteiger charge is 2.35. The number of hydrogen-bond donors (Lipinski definition) is 1. The zero-order valence-electron chi connectivity index (χ0n) is 10.8. The van der Waals surface area contributed by atoms with Crippen LogP contribution < -0.4 is 0 Å². The number of nitrogens with zero attached hydrogens (tertiary/aromatic N) is 1. The molecule has 106 valence electrons. The molecular formula is C14H15NO5. The maximum atomic E-state index is 11.7. The predicted octanol–water partition coefficient (Wildman–Crippen LogP) is 1.76. The number of rotatable bonds is 3.